The highest BCUT2D eigenvalue weighted by atomic mass is 32.1. The first-order valence-electron chi connectivity index (χ1n) is 10.6. The third-order valence-corrected chi connectivity index (χ3v) is 6.17. The van der Waals surface area contributed by atoms with Crippen molar-refractivity contribution in [1.29, 1.82) is 0 Å². The Morgan fingerprint density at radius 1 is 0.968 bits per heavy atom. The lowest BCUT2D eigenvalue weighted by atomic mass is 10.1. The molecule has 0 fully saturated rings. The molecule has 0 unspecified atom stereocenters. The van der Waals surface area contributed by atoms with Crippen molar-refractivity contribution < 1.29 is 19.1 Å². The number of hydrogen-bond donors (Lipinski definition) is 0. The van der Waals surface area contributed by atoms with Crippen LogP contribution in [0.4, 0.5) is 5.69 Å². The number of benzene rings is 1. The lowest BCUT2D eigenvalue weighted by Crippen LogP contribution is -2.37. The summed E-state index contributed by atoms with van der Waals surface area (Å²) in [7, 11) is 3.24. The number of rotatable bonds is 12. The second-order valence-electron chi connectivity index (χ2n) is 7.39. The molecule has 0 N–H and O–H groups in total. The number of hydrogen-bond acceptors (Lipinski definition) is 6. The fourth-order valence-corrected chi connectivity index (χ4v) is 4.38. The summed E-state index contributed by atoms with van der Waals surface area (Å²) in [6, 6.07) is 11.5. The first-order valence-corrected chi connectivity index (χ1v) is 11.5. The highest BCUT2D eigenvalue weighted by Crippen LogP contribution is 2.36. The van der Waals surface area contributed by atoms with Gasteiger partial charge in [0.05, 0.1) is 24.5 Å². The van der Waals surface area contributed by atoms with Crippen LogP contribution in [0.25, 0.3) is 5.57 Å². The average molecular weight is 443 g/mol. The number of unbranched alkanes of at least 4 members (excludes halogenated alkanes) is 1. The predicted molar refractivity (Wildman–Crippen MR) is 124 cm³/mol. The van der Waals surface area contributed by atoms with E-state index in [1.165, 1.54) is 21.8 Å². The number of carbonyl (C=O) groups is 2. The number of nitrogens with zero attached hydrogens (tertiary/aromatic N) is 2. The maximum absolute atomic E-state index is 13.6. The Labute approximate surface area is 188 Å². The third-order valence-electron chi connectivity index (χ3n) is 5.29. The summed E-state index contributed by atoms with van der Waals surface area (Å²) >= 11 is 1.46. The van der Waals surface area contributed by atoms with E-state index in [4.69, 9.17) is 9.47 Å². The second kappa shape index (κ2) is 11.2. The largest absolute Gasteiger partial charge is 0.383 e. The van der Waals surface area contributed by atoms with E-state index in [0.29, 0.717) is 43.3 Å². The van der Waals surface area contributed by atoms with Crippen molar-refractivity contribution in [3.63, 3.8) is 0 Å². The number of thiophene rings is 1. The lowest BCUT2D eigenvalue weighted by molar-refractivity contribution is -0.120. The zero-order chi connectivity index (χ0) is 22.2. The topological polar surface area (TPSA) is 59.1 Å². The monoisotopic (exact) mass is 442 g/mol. The number of aryl methyl sites for hydroxylation is 1. The number of imide groups is 1. The molecule has 6 nitrogen and oxygen atoms in total. The molecule has 31 heavy (non-hydrogen) atoms. The van der Waals surface area contributed by atoms with Crippen molar-refractivity contribution in [3.8, 4) is 0 Å². The SMILES string of the molecule is CCCCc1ccc(N2C(=O)C(c3cccs3)=C(N(CCOC)CCOC)C2=O)cc1. The second-order valence-corrected chi connectivity index (χ2v) is 8.34. The molecule has 2 heterocycles. The van der Waals surface area contributed by atoms with Crippen LogP contribution in [0, 0.1) is 0 Å². The van der Waals surface area contributed by atoms with Crippen LogP contribution in [-0.4, -0.2) is 57.2 Å². The molecule has 3 rings (SSSR count). The normalized spacial score (nSPS) is 14.1. The third kappa shape index (κ3) is 5.23. The summed E-state index contributed by atoms with van der Waals surface area (Å²) in [6.07, 6.45) is 3.23. The molecule has 0 aliphatic carbocycles. The van der Waals surface area contributed by atoms with Gasteiger partial charge in [-0.3, -0.25) is 9.59 Å². The van der Waals surface area contributed by atoms with Crippen molar-refractivity contribution >= 4 is 34.4 Å². The highest BCUT2D eigenvalue weighted by molar-refractivity contribution is 7.11. The van der Waals surface area contributed by atoms with Crippen LogP contribution >= 0.6 is 11.3 Å². The molecule has 2 amide bonds. The molecule has 1 aromatic heterocycles. The van der Waals surface area contributed by atoms with Crippen molar-refractivity contribution in [1.82, 2.24) is 4.90 Å². The first-order chi connectivity index (χ1) is 15.1. The van der Waals surface area contributed by atoms with Gasteiger partial charge in [-0.2, -0.15) is 0 Å². The van der Waals surface area contributed by atoms with Gasteiger partial charge < -0.3 is 14.4 Å². The summed E-state index contributed by atoms with van der Waals surface area (Å²) in [5.74, 6) is -0.592. The molecule has 0 spiro atoms. The van der Waals surface area contributed by atoms with Gasteiger partial charge in [-0.1, -0.05) is 31.5 Å². The van der Waals surface area contributed by atoms with E-state index in [0.717, 1.165) is 24.1 Å². The number of carbonyl (C=O) groups excluding carboxylic acids is 2. The lowest BCUT2D eigenvalue weighted by Gasteiger charge is -2.25. The van der Waals surface area contributed by atoms with Gasteiger partial charge in [0.25, 0.3) is 11.8 Å². The number of methoxy groups -OCH3 is 2. The van der Waals surface area contributed by atoms with Crippen LogP contribution in [0.2, 0.25) is 0 Å². The van der Waals surface area contributed by atoms with E-state index in [-0.39, 0.29) is 11.8 Å². The van der Waals surface area contributed by atoms with Gasteiger partial charge in [-0.25, -0.2) is 4.90 Å². The highest BCUT2D eigenvalue weighted by Gasteiger charge is 2.42. The summed E-state index contributed by atoms with van der Waals surface area (Å²) in [6.45, 7) is 4.03. The molecule has 7 heteroatoms. The Morgan fingerprint density at radius 3 is 2.19 bits per heavy atom. The van der Waals surface area contributed by atoms with E-state index in [9.17, 15) is 9.59 Å². The Morgan fingerprint density at radius 2 is 1.65 bits per heavy atom. The summed E-state index contributed by atoms with van der Waals surface area (Å²) in [5.41, 5.74) is 2.66. The zero-order valence-electron chi connectivity index (χ0n) is 18.4. The molecule has 0 saturated carbocycles. The Bertz CT molecular complexity index is 898. The summed E-state index contributed by atoms with van der Waals surface area (Å²) in [5, 5.41) is 1.91. The standard InChI is InChI=1S/C24H30N2O4S/c1-4-5-7-18-9-11-19(12-10-18)26-23(27)21(20-8-6-17-31-20)22(24(26)28)25(13-15-29-2)14-16-30-3/h6,8-12,17H,4-5,7,13-16H2,1-3H3. The van der Waals surface area contributed by atoms with Crippen molar-refractivity contribution in [2.75, 3.05) is 45.4 Å². The van der Waals surface area contributed by atoms with E-state index in [1.54, 1.807) is 14.2 Å². The summed E-state index contributed by atoms with van der Waals surface area (Å²) in [4.78, 5) is 31.1. The van der Waals surface area contributed by atoms with E-state index >= 15 is 0 Å². The summed E-state index contributed by atoms with van der Waals surface area (Å²) < 4.78 is 10.5. The minimum Gasteiger partial charge on any atom is -0.383 e. The fourth-order valence-electron chi connectivity index (χ4n) is 3.62. The van der Waals surface area contributed by atoms with E-state index in [2.05, 4.69) is 6.92 Å². The van der Waals surface area contributed by atoms with Crippen LogP contribution in [0.15, 0.2) is 47.5 Å². The molecule has 166 valence electrons. The van der Waals surface area contributed by atoms with E-state index < -0.39 is 0 Å². The molecular formula is C24H30N2O4S. The molecule has 2 aromatic rings. The van der Waals surface area contributed by atoms with Gasteiger partial charge in [0.15, 0.2) is 0 Å². The van der Waals surface area contributed by atoms with Gasteiger partial charge in [-0.05, 0) is 42.0 Å². The average Bonchev–Trinajstić information content (AvgIpc) is 3.39. The molecule has 1 aromatic carbocycles. The number of amides is 2. The molecule has 0 radical (unpaired) electrons. The smallest absolute Gasteiger partial charge is 0.282 e. The Balaban J connectivity index is 1.97. The van der Waals surface area contributed by atoms with Gasteiger partial charge in [-0.15, -0.1) is 11.3 Å². The molecule has 0 saturated heterocycles. The van der Waals surface area contributed by atoms with Crippen LogP contribution < -0.4 is 4.90 Å². The minimum atomic E-state index is -0.304. The number of anilines is 1. The molecule has 1 aliphatic rings. The van der Waals surface area contributed by atoms with E-state index in [1.807, 2.05) is 46.7 Å². The Hall–Kier alpha value is -2.48. The van der Waals surface area contributed by atoms with Crippen LogP contribution in [0.1, 0.15) is 30.2 Å². The van der Waals surface area contributed by atoms with Gasteiger partial charge in [0, 0.05) is 32.2 Å². The molecule has 0 bridgehead atoms. The molecule has 1 aliphatic heterocycles. The maximum Gasteiger partial charge on any atom is 0.282 e. The Kier molecular flexibility index (Phi) is 8.40. The van der Waals surface area contributed by atoms with Crippen LogP contribution in [0.5, 0.6) is 0 Å². The molecular weight excluding hydrogens is 412 g/mol. The van der Waals surface area contributed by atoms with Gasteiger partial charge >= 0.3 is 0 Å². The number of ether oxygens (including phenoxy) is 2. The maximum atomic E-state index is 13.6. The van der Waals surface area contributed by atoms with Crippen LogP contribution in [-0.2, 0) is 25.5 Å². The zero-order valence-corrected chi connectivity index (χ0v) is 19.2. The quantitative estimate of drug-likeness (QED) is 0.466. The van der Waals surface area contributed by atoms with Crippen molar-refractivity contribution in [3.05, 3.63) is 57.9 Å². The minimum absolute atomic E-state index is 0.288. The van der Waals surface area contributed by atoms with Crippen LogP contribution in [0.3, 0.4) is 0 Å². The van der Waals surface area contributed by atoms with Gasteiger partial charge in [0.1, 0.15) is 5.70 Å². The molecule has 0 atom stereocenters. The predicted octanol–water partition coefficient (Wildman–Crippen LogP) is 3.97. The van der Waals surface area contributed by atoms with Crippen molar-refractivity contribution in [2.45, 2.75) is 26.2 Å². The first kappa shape index (κ1) is 23.2. The van der Waals surface area contributed by atoms with Gasteiger partial charge in [0.2, 0.25) is 0 Å². The fraction of sp³-hybridized carbons (Fsp3) is 0.417. The van der Waals surface area contributed by atoms with Crippen molar-refractivity contribution in [2.24, 2.45) is 0 Å².